The Balaban J connectivity index is 2.51. The molecule has 1 radical (unpaired) electrons. The van der Waals surface area contributed by atoms with Crippen LogP contribution in [-0.4, -0.2) is 37.2 Å². The molecule has 0 atom stereocenters. The van der Waals surface area contributed by atoms with Gasteiger partial charge in [-0.25, -0.2) is 9.40 Å². The van der Waals surface area contributed by atoms with Crippen LogP contribution < -0.4 is 16.2 Å². The molecule has 2 aromatic carbocycles. The molecule has 0 spiro atoms. The van der Waals surface area contributed by atoms with Crippen LogP contribution in [0.15, 0.2) is 35.4 Å². The van der Waals surface area contributed by atoms with Crippen molar-refractivity contribution in [3.8, 4) is 0 Å². The third-order valence-corrected chi connectivity index (χ3v) is 6.56. The monoisotopic (exact) mass is 510 g/mol. The number of carbonyl (C=O) groups is 2. The number of nitrogens with zero attached hydrogens (tertiary/aromatic N) is 2. The maximum atomic E-state index is 14.6. The summed E-state index contributed by atoms with van der Waals surface area (Å²) in [7, 11) is 1.54. The summed E-state index contributed by atoms with van der Waals surface area (Å²) in [6.07, 6.45) is 1.99. The molecule has 37 heavy (non-hydrogen) atoms. The van der Waals surface area contributed by atoms with E-state index in [0.29, 0.717) is 34.3 Å². The molecule has 0 aliphatic rings. The maximum absolute atomic E-state index is 14.6. The number of halogens is 1. The maximum Gasteiger partial charge on any atom is 0.331 e. The summed E-state index contributed by atoms with van der Waals surface area (Å²) in [4.78, 5) is 23.7. The lowest BCUT2D eigenvalue weighted by molar-refractivity contribution is -0.142. The van der Waals surface area contributed by atoms with Crippen LogP contribution in [0.4, 0.5) is 10.1 Å². The van der Waals surface area contributed by atoms with Crippen molar-refractivity contribution in [1.82, 2.24) is 0 Å². The van der Waals surface area contributed by atoms with Crippen LogP contribution >= 0.6 is 0 Å². The minimum atomic E-state index is -0.718. The van der Waals surface area contributed by atoms with E-state index < -0.39 is 17.1 Å². The van der Waals surface area contributed by atoms with Gasteiger partial charge in [0.2, 0.25) is 6.41 Å². The van der Waals surface area contributed by atoms with Gasteiger partial charge in [-0.3, -0.25) is 9.59 Å². The predicted molar refractivity (Wildman–Crippen MR) is 147 cm³/mol. The summed E-state index contributed by atoms with van der Waals surface area (Å²) in [5.74, 6) is -0.822. The highest BCUT2D eigenvalue weighted by molar-refractivity contribution is 6.48. The Kier molecular flexibility index (Phi) is 9.44. The van der Waals surface area contributed by atoms with Gasteiger partial charge in [0.05, 0.1) is 17.5 Å². The number of hydrazone groups is 1. The Morgan fingerprint density at radius 2 is 1.81 bits per heavy atom. The Labute approximate surface area is 220 Å². The van der Waals surface area contributed by atoms with Gasteiger partial charge < -0.3 is 15.1 Å². The molecule has 0 unspecified atom stereocenters. The highest BCUT2D eigenvalue weighted by atomic mass is 19.1. The van der Waals surface area contributed by atoms with Crippen molar-refractivity contribution >= 4 is 37.2 Å². The average Bonchev–Trinajstić information content (AvgIpc) is 2.78. The normalized spacial score (nSPS) is 12.5. The first-order valence-corrected chi connectivity index (χ1v) is 12.1. The molecule has 9 heteroatoms. The molecule has 0 aliphatic heterocycles. The molecule has 1 amide bonds. The fourth-order valence-corrected chi connectivity index (χ4v) is 3.15. The Morgan fingerprint density at radius 3 is 2.35 bits per heavy atom. The Bertz CT molecular complexity index is 1170. The first-order valence-electron chi connectivity index (χ1n) is 12.1. The lowest BCUT2D eigenvalue weighted by Crippen LogP contribution is -2.55. The van der Waals surface area contributed by atoms with E-state index in [1.807, 2.05) is 54.5 Å². The third-order valence-electron chi connectivity index (χ3n) is 6.56. The van der Waals surface area contributed by atoms with Gasteiger partial charge in [0, 0.05) is 23.6 Å². The molecule has 0 heterocycles. The molecule has 2 N–H and O–H groups in total. The molecule has 0 saturated heterocycles. The average molecular weight is 510 g/mol. The molecule has 0 aromatic heterocycles. The lowest BCUT2D eigenvalue weighted by atomic mass is 9.79. The Hall–Kier alpha value is -3.04. The van der Waals surface area contributed by atoms with Gasteiger partial charge in [-0.15, -0.1) is 0 Å². The molecule has 2 rings (SSSR count). The first-order chi connectivity index (χ1) is 17.0. The molecule has 199 valence electrons. The van der Waals surface area contributed by atoms with Crippen LogP contribution in [0.2, 0.25) is 0 Å². The van der Waals surface area contributed by atoms with Gasteiger partial charge in [0.15, 0.2) is 0 Å². The molecular weight excluding hydrogens is 472 g/mol. The van der Waals surface area contributed by atoms with Crippen molar-refractivity contribution in [3.05, 3.63) is 58.4 Å². The van der Waals surface area contributed by atoms with Crippen molar-refractivity contribution < 1.29 is 23.4 Å². The van der Waals surface area contributed by atoms with Crippen molar-refractivity contribution in [3.63, 3.8) is 0 Å². The zero-order valence-corrected chi connectivity index (χ0v) is 23.3. The van der Waals surface area contributed by atoms with Crippen molar-refractivity contribution in [2.45, 2.75) is 85.5 Å². The topological polar surface area (TPSA) is 94.2 Å². The molecule has 0 fully saturated rings. The number of rotatable bonds is 10. The summed E-state index contributed by atoms with van der Waals surface area (Å²) < 4.78 is 25.9. The minimum absolute atomic E-state index is 0.111. The second kappa shape index (κ2) is 11.6. The van der Waals surface area contributed by atoms with E-state index >= 15 is 0 Å². The van der Waals surface area contributed by atoms with Gasteiger partial charge in [-0.05, 0) is 74.8 Å². The fourth-order valence-electron chi connectivity index (χ4n) is 3.15. The number of anilines is 1. The Morgan fingerprint density at radius 1 is 1.16 bits per heavy atom. The summed E-state index contributed by atoms with van der Waals surface area (Å²) in [5, 5.41) is 5.46. The van der Waals surface area contributed by atoms with E-state index in [-0.39, 0.29) is 17.8 Å². The lowest BCUT2D eigenvalue weighted by Gasteiger charge is -2.39. The van der Waals surface area contributed by atoms with Gasteiger partial charge in [-0.2, -0.15) is 5.10 Å². The highest BCUT2D eigenvalue weighted by Gasteiger charge is 2.34. The SMILES string of the molecule is CC(=O)OCc1c([B]OC(C)(C)C(C)(C)N)cccc1N(C=O)/N=C\c1cc(C(C)(C)C)cc(F)c1C. The number of benzene rings is 2. The van der Waals surface area contributed by atoms with Crippen molar-refractivity contribution in [2.75, 3.05) is 5.01 Å². The van der Waals surface area contributed by atoms with Crippen LogP contribution in [0.5, 0.6) is 0 Å². The zero-order chi connectivity index (χ0) is 28.2. The summed E-state index contributed by atoms with van der Waals surface area (Å²) in [5.41, 5.74) is 7.90. The number of hydrogen-bond donors (Lipinski definition) is 1. The van der Waals surface area contributed by atoms with Crippen LogP contribution in [0, 0.1) is 12.7 Å². The van der Waals surface area contributed by atoms with Crippen LogP contribution in [0.1, 0.15) is 77.6 Å². The number of hydrogen-bond acceptors (Lipinski definition) is 6. The minimum Gasteiger partial charge on any atom is -0.461 e. The number of ether oxygens (including phenoxy) is 1. The van der Waals surface area contributed by atoms with Crippen molar-refractivity contribution in [1.29, 1.82) is 0 Å². The number of nitrogens with two attached hydrogens (primary N) is 1. The van der Waals surface area contributed by atoms with Gasteiger partial charge in [-0.1, -0.05) is 32.9 Å². The molecule has 2 aromatic rings. The van der Waals surface area contributed by atoms with Gasteiger partial charge in [0.25, 0.3) is 0 Å². The number of carbonyl (C=O) groups excluding carboxylic acids is 2. The van der Waals surface area contributed by atoms with E-state index in [9.17, 15) is 14.0 Å². The summed E-state index contributed by atoms with van der Waals surface area (Å²) >= 11 is 0. The van der Waals surface area contributed by atoms with Crippen LogP contribution in [-0.2, 0) is 31.0 Å². The first kappa shape index (κ1) is 30.2. The number of amides is 1. The van der Waals surface area contributed by atoms with Crippen LogP contribution in [0.25, 0.3) is 0 Å². The third kappa shape index (κ3) is 7.73. The molecule has 0 aliphatic carbocycles. The molecule has 0 saturated carbocycles. The van der Waals surface area contributed by atoms with E-state index in [2.05, 4.69) is 5.10 Å². The van der Waals surface area contributed by atoms with E-state index in [1.165, 1.54) is 26.7 Å². The van der Waals surface area contributed by atoms with Gasteiger partial charge >= 0.3 is 13.5 Å². The summed E-state index contributed by atoms with van der Waals surface area (Å²) in [6, 6.07) is 8.57. The smallest absolute Gasteiger partial charge is 0.331 e. The zero-order valence-electron chi connectivity index (χ0n) is 23.3. The second-order valence-electron chi connectivity index (χ2n) is 11.2. The van der Waals surface area contributed by atoms with E-state index in [0.717, 1.165) is 10.6 Å². The molecular formula is C28H38BFN3O4. The van der Waals surface area contributed by atoms with Crippen LogP contribution in [0.3, 0.4) is 0 Å². The van der Waals surface area contributed by atoms with E-state index in [4.69, 9.17) is 15.1 Å². The van der Waals surface area contributed by atoms with E-state index in [1.54, 1.807) is 25.1 Å². The second-order valence-corrected chi connectivity index (χ2v) is 11.2. The largest absolute Gasteiger partial charge is 0.461 e. The predicted octanol–water partition coefficient (Wildman–Crippen LogP) is 4.27. The quantitative estimate of drug-likeness (QED) is 0.169. The highest BCUT2D eigenvalue weighted by Crippen LogP contribution is 2.27. The molecule has 7 nitrogen and oxygen atoms in total. The standard InChI is InChI=1S/C28H38BFN3O4/c1-18-20(13-21(14-24(18)30)26(3,4)5)15-32-33(17-34)25-12-10-11-23(22(25)16-36-19(2)35)29-37-28(8,9)27(6,7)31/h10-15,17H,16,31H2,1-9H3/b32-15-. The fraction of sp³-hybridized carbons (Fsp3) is 0.464. The number of esters is 1. The van der Waals surface area contributed by atoms with Crippen molar-refractivity contribution in [2.24, 2.45) is 10.8 Å². The molecule has 0 bridgehead atoms. The van der Waals surface area contributed by atoms with Gasteiger partial charge in [0.1, 0.15) is 12.4 Å². The summed E-state index contributed by atoms with van der Waals surface area (Å²) in [6.45, 7) is 16.3.